The molecule has 116 valence electrons. The van der Waals surface area contributed by atoms with E-state index in [-0.39, 0.29) is 17.5 Å². The minimum atomic E-state index is -3.35. The summed E-state index contributed by atoms with van der Waals surface area (Å²) in [6, 6.07) is 15.3. The van der Waals surface area contributed by atoms with E-state index < -0.39 is 9.84 Å². The van der Waals surface area contributed by atoms with Crippen LogP contribution in [0, 0.1) is 5.92 Å². The highest BCUT2D eigenvalue weighted by Crippen LogP contribution is 2.18. The summed E-state index contributed by atoms with van der Waals surface area (Å²) in [6.45, 7) is 3.87. The molecule has 1 atom stereocenters. The second-order valence-corrected chi connectivity index (χ2v) is 7.43. The Labute approximate surface area is 131 Å². The summed E-state index contributed by atoms with van der Waals surface area (Å²) in [7, 11) is -3.35. The standard InChI is InChI=1S/C18H20O3S/c1-3-14(2)18(19)16-11-9-15(10-12-16)13-22(20,21)17-7-5-4-6-8-17/h4-12,14H,3,13H2,1-2H3. The number of benzene rings is 2. The van der Waals surface area contributed by atoms with Crippen LogP contribution in [0.5, 0.6) is 0 Å². The third-order valence-corrected chi connectivity index (χ3v) is 5.46. The molecule has 4 heteroatoms. The number of carbonyl (C=O) groups excluding carboxylic acids is 1. The molecule has 0 aromatic heterocycles. The molecule has 0 saturated carbocycles. The van der Waals surface area contributed by atoms with Crippen molar-refractivity contribution in [2.75, 3.05) is 0 Å². The second kappa shape index (κ2) is 6.88. The molecule has 0 aliphatic heterocycles. The Kier molecular flexibility index (Phi) is 5.14. The van der Waals surface area contributed by atoms with Gasteiger partial charge in [-0.3, -0.25) is 4.79 Å². The molecule has 0 heterocycles. The normalized spacial score (nSPS) is 12.8. The summed E-state index contributed by atoms with van der Waals surface area (Å²) in [5.74, 6) is 0.0216. The highest BCUT2D eigenvalue weighted by molar-refractivity contribution is 7.90. The van der Waals surface area contributed by atoms with Gasteiger partial charge in [-0.25, -0.2) is 8.42 Å². The van der Waals surface area contributed by atoms with Crippen molar-refractivity contribution >= 4 is 15.6 Å². The van der Waals surface area contributed by atoms with Crippen LogP contribution in [0.1, 0.15) is 36.2 Å². The van der Waals surface area contributed by atoms with Crippen molar-refractivity contribution in [1.29, 1.82) is 0 Å². The molecule has 0 spiro atoms. The number of Topliss-reactive ketones (excluding diaryl/α,β-unsaturated/α-hetero) is 1. The van der Waals surface area contributed by atoms with Gasteiger partial charge in [0, 0.05) is 11.5 Å². The highest BCUT2D eigenvalue weighted by Gasteiger charge is 2.16. The van der Waals surface area contributed by atoms with Crippen LogP contribution in [0.25, 0.3) is 0 Å². The fourth-order valence-corrected chi connectivity index (χ4v) is 3.54. The van der Waals surface area contributed by atoms with Crippen molar-refractivity contribution < 1.29 is 13.2 Å². The average Bonchev–Trinajstić information content (AvgIpc) is 2.54. The largest absolute Gasteiger partial charge is 0.294 e. The number of hydrogen-bond acceptors (Lipinski definition) is 3. The van der Waals surface area contributed by atoms with E-state index in [0.717, 1.165) is 6.42 Å². The van der Waals surface area contributed by atoms with Gasteiger partial charge in [0.2, 0.25) is 0 Å². The molecule has 2 aromatic rings. The van der Waals surface area contributed by atoms with E-state index in [1.165, 1.54) is 0 Å². The van der Waals surface area contributed by atoms with Crippen molar-refractivity contribution in [3.63, 3.8) is 0 Å². The first-order chi connectivity index (χ1) is 10.4. The summed E-state index contributed by atoms with van der Waals surface area (Å²) in [5.41, 5.74) is 1.32. The van der Waals surface area contributed by atoms with Gasteiger partial charge < -0.3 is 0 Å². The van der Waals surface area contributed by atoms with Crippen molar-refractivity contribution in [1.82, 2.24) is 0 Å². The molecule has 0 N–H and O–H groups in total. The smallest absolute Gasteiger partial charge is 0.182 e. The summed E-state index contributed by atoms with van der Waals surface area (Å²) in [5, 5.41) is 0. The van der Waals surface area contributed by atoms with Crippen LogP contribution >= 0.6 is 0 Å². The maximum absolute atomic E-state index is 12.3. The fourth-order valence-electron chi connectivity index (χ4n) is 2.17. The van der Waals surface area contributed by atoms with Crippen LogP contribution in [0.15, 0.2) is 59.5 Å². The van der Waals surface area contributed by atoms with E-state index in [1.54, 1.807) is 54.6 Å². The van der Waals surface area contributed by atoms with Gasteiger partial charge in [-0.2, -0.15) is 0 Å². The first-order valence-electron chi connectivity index (χ1n) is 7.35. The third kappa shape index (κ3) is 3.83. The summed E-state index contributed by atoms with van der Waals surface area (Å²) >= 11 is 0. The topological polar surface area (TPSA) is 51.2 Å². The van der Waals surface area contributed by atoms with Crippen LogP contribution in [-0.2, 0) is 15.6 Å². The fraction of sp³-hybridized carbons (Fsp3) is 0.278. The van der Waals surface area contributed by atoms with Crippen LogP contribution < -0.4 is 0 Å². The molecule has 2 rings (SSSR count). The number of rotatable bonds is 6. The molecular weight excluding hydrogens is 296 g/mol. The lowest BCUT2D eigenvalue weighted by Gasteiger charge is -2.09. The maximum Gasteiger partial charge on any atom is 0.182 e. The minimum Gasteiger partial charge on any atom is -0.294 e. The molecule has 1 unspecified atom stereocenters. The molecule has 0 radical (unpaired) electrons. The summed E-state index contributed by atoms with van der Waals surface area (Å²) < 4.78 is 24.6. The van der Waals surface area contributed by atoms with Gasteiger partial charge in [-0.15, -0.1) is 0 Å². The molecule has 0 aliphatic rings. The lowest BCUT2D eigenvalue weighted by Crippen LogP contribution is -2.10. The Hall–Kier alpha value is -1.94. The monoisotopic (exact) mass is 316 g/mol. The summed E-state index contributed by atoms with van der Waals surface area (Å²) in [6.07, 6.45) is 0.795. The first kappa shape index (κ1) is 16.4. The van der Waals surface area contributed by atoms with Crippen LogP contribution in [0.2, 0.25) is 0 Å². The number of ketones is 1. The highest BCUT2D eigenvalue weighted by atomic mass is 32.2. The van der Waals surface area contributed by atoms with Crippen molar-refractivity contribution in [2.45, 2.75) is 30.9 Å². The average molecular weight is 316 g/mol. The van der Waals surface area contributed by atoms with Crippen LogP contribution in [0.3, 0.4) is 0 Å². The van der Waals surface area contributed by atoms with Gasteiger partial charge >= 0.3 is 0 Å². The van der Waals surface area contributed by atoms with E-state index in [9.17, 15) is 13.2 Å². The SMILES string of the molecule is CCC(C)C(=O)c1ccc(CS(=O)(=O)c2ccccc2)cc1. The lowest BCUT2D eigenvalue weighted by atomic mass is 9.97. The maximum atomic E-state index is 12.3. The molecule has 0 aliphatic carbocycles. The third-order valence-electron chi connectivity index (χ3n) is 3.76. The molecule has 3 nitrogen and oxygen atoms in total. The summed E-state index contributed by atoms with van der Waals surface area (Å²) in [4.78, 5) is 12.4. The molecule has 22 heavy (non-hydrogen) atoms. The van der Waals surface area contributed by atoms with E-state index >= 15 is 0 Å². The van der Waals surface area contributed by atoms with E-state index in [0.29, 0.717) is 16.0 Å². The Bertz CT molecular complexity index is 732. The van der Waals surface area contributed by atoms with Gasteiger partial charge in [0.1, 0.15) is 0 Å². The molecule has 0 fully saturated rings. The quantitative estimate of drug-likeness (QED) is 0.760. The molecule has 0 saturated heterocycles. The zero-order valence-electron chi connectivity index (χ0n) is 12.8. The predicted octanol–water partition coefficient (Wildman–Crippen LogP) is 3.89. The van der Waals surface area contributed by atoms with Crippen molar-refractivity contribution in [3.8, 4) is 0 Å². The number of sulfone groups is 1. The van der Waals surface area contributed by atoms with Gasteiger partial charge in [0.25, 0.3) is 0 Å². The van der Waals surface area contributed by atoms with E-state index in [1.807, 2.05) is 13.8 Å². The Morgan fingerprint density at radius 3 is 2.14 bits per heavy atom. The van der Waals surface area contributed by atoms with E-state index in [4.69, 9.17) is 0 Å². The first-order valence-corrected chi connectivity index (χ1v) is 9.00. The van der Waals surface area contributed by atoms with Gasteiger partial charge in [0.05, 0.1) is 10.6 Å². The zero-order valence-corrected chi connectivity index (χ0v) is 13.6. The Morgan fingerprint density at radius 1 is 1.00 bits per heavy atom. The minimum absolute atomic E-state index is 0.0149. The van der Waals surface area contributed by atoms with Gasteiger partial charge in [-0.1, -0.05) is 56.3 Å². The second-order valence-electron chi connectivity index (χ2n) is 5.44. The number of carbonyl (C=O) groups is 1. The lowest BCUT2D eigenvalue weighted by molar-refractivity contribution is 0.0927. The Morgan fingerprint density at radius 2 is 1.59 bits per heavy atom. The molecular formula is C18H20O3S. The van der Waals surface area contributed by atoms with Crippen LogP contribution in [0.4, 0.5) is 0 Å². The van der Waals surface area contributed by atoms with Gasteiger partial charge in [-0.05, 0) is 24.1 Å². The van der Waals surface area contributed by atoms with Crippen LogP contribution in [-0.4, -0.2) is 14.2 Å². The van der Waals surface area contributed by atoms with Gasteiger partial charge in [0.15, 0.2) is 15.6 Å². The Balaban J connectivity index is 2.17. The molecule has 0 bridgehead atoms. The predicted molar refractivity (Wildman–Crippen MR) is 87.6 cm³/mol. The number of hydrogen-bond donors (Lipinski definition) is 0. The van der Waals surface area contributed by atoms with Crippen molar-refractivity contribution in [3.05, 3.63) is 65.7 Å². The van der Waals surface area contributed by atoms with E-state index in [2.05, 4.69) is 0 Å². The van der Waals surface area contributed by atoms with Crippen molar-refractivity contribution in [2.24, 2.45) is 5.92 Å². The molecule has 0 amide bonds. The zero-order chi connectivity index (χ0) is 16.2. The molecule has 2 aromatic carbocycles.